The van der Waals surface area contributed by atoms with Gasteiger partial charge in [-0.05, 0) is 65.0 Å². The van der Waals surface area contributed by atoms with Crippen molar-refractivity contribution in [3.8, 4) is 5.75 Å². The third-order valence-corrected chi connectivity index (χ3v) is 5.44. The van der Waals surface area contributed by atoms with Gasteiger partial charge in [-0.15, -0.1) is 0 Å². The van der Waals surface area contributed by atoms with Crippen molar-refractivity contribution in [3.63, 3.8) is 0 Å². The van der Waals surface area contributed by atoms with Crippen LogP contribution in [0.5, 0.6) is 5.75 Å². The summed E-state index contributed by atoms with van der Waals surface area (Å²) in [7, 11) is 0. The summed E-state index contributed by atoms with van der Waals surface area (Å²) in [5.74, 6) is -0.937. The molecule has 144 valence electrons. The Morgan fingerprint density at radius 3 is 2.64 bits per heavy atom. The highest BCUT2D eigenvalue weighted by molar-refractivity contribution is 9.10. The molecule has 1 aliphatic rings. The van der Waals surface area contributed by atoms with Crippen molar-refractivity contribution >= 4 is 56.2 Å². The Bertz CT molecular complexity index is 1020. The highest BCUT2D eigenvalue weighted by Gasteiger charge is 2.32. The van der Waals surface area contributed by atoms with Gasteiger partial charge in [-0.25, -0.2) is 9.38 Å². The highest BCUT2D eigenvalue weighted by Crippen LogP contribution is 2.38. The van der Waals surface area contributed by atoms with Crippen molar-refractivity contribution in [1.29, 1.82) is 0 Å². The van der Waals surface area contributed by atoms with E-state index in [0.29, 0.717) is 17.4 Å². The van der Waals surface area contributed by atoms with Crippen LogP contribution in [-0.2, 0) is 4.79 Å². The minimum absolute atomic E-state index is 0.135. The molecular formula is C18H13BrFN3O4S. The third-order valence-electron chi connectivity index (χ3n) is 3.83. The molecule has 1 amide bonds. The molecule has 0 unspecified atom stereocenters. The van der Waals surface area contributed by atoms with Crippen LogP contribution < -0.4 is 0 Å². The van der Waals surface area contributed by atoms with Gasteiger partial charge in [-0.3, -0.25) is 19.8 Å². The van der Waals surface area contributed by atoms with Crippen molar-refractivity contribution in [1.82, 2.24) is 4.90 Å². The molecule has 0 aliphatic carbocycles. The van der Waals surface area contributed by atoms with Crippen LogP contribution in [0.1, 0.15) is 12.5 Å². The van der Waals surface area contributed by atoms with E-state index >= 15 is 0 Å². The molecule has 0 atom stereocenters. The second-order valence-electron chi connectivity index (χ2n) is 5.65. The van der Waals surface area contributed by atoms with Crippen molar-refractivity contribution in [2.75, 3.05) is 6.54 Å². The van der Waals surface area contributed by atoms with E-state index in [0.717, 1.165) is 11.8 Å². The standard InChI is InChI=1S/C18H13BrFN3O4S/c1-2-22-17(25)15(28-18(22)21-12-5-3-11(20)4-6-12)8-10-7-13(23(26)27)9-14(19)16(10)24/h3-9,24H,2H2,1H3/b15-8+,21-18?. The number of phenolic OH excluding ortho intramolecular Hbond substituents is 1. The van der Waals surface area contributed by atoms with Gasteiger partial charge in [0.15, 0.2) is 5.17 Å². The number of nitro benzene ring substituents is 1. The second kappa shape index (κ2) is 8.11. The van der Waals surface area contributed by atoms with E-state index in [4.69, 9.17) is 0 Å². The molecule has 2 aromatic rings. The van der Waals surface area contributed by atoms with Gasteiger partial charge in [0, 0.05) is 24.2 Å². The zero-order valence-electron chi connectivity index (χ0n) is 14.4. The van der Waals surface area contributed by atoms with E-state index in [1.807, 2.05) is 0 Å². The van der Waals surface area contributed by atoms with Crippen molar-refractivity contribution in [2.24, 2.45) is 4.99 Å². The minimum atomic E-state index is -0.588. The molecule has 2 aromatic carbocycles. The van der Waals surface area contributed by atoms with E-state index in [9.17, 15) is 24.4 Å². The van der Waals surface area contributed by atoms with Crippen LogP contribution in [-0.4, -0.2) is 32.5 Å². The fourth-order valence-corrected chi connectivity index (χ4v) is 3.98. The number of amides is 1. The molecule has 0 aromatic heterocycles. The number of benzene rings is 2. The molecule has 1 saturated heterocycles. The normalized spacial score (nSPS) is 17.0. The summed E-state index contributed by atoms with van der Waals surface area (Å²) < 4.78 is 13.2. The van der Waals surface area contributed by atoms with Crippen LogP contribution in [0.15, 0.2) is 50.8 Å². The summed E-state index contributed by atoms with van der Waals surface area (Å²) >= 11 is 4.15. The Morgan fingerprint density at radius 1 is 1.36 bits per heavy atom. The number of carbonyl (C=O) groups excluding carboxylic acids is 1. The van der Waals surface area contributed by atoms with E-state index in [-0.39, 0.29) is 32.3 Å². The van der Waals surface area contributed by atoms with Crippen LogP contribution in [0.3, 0.4) is 0 Å². The predicted molar refractivity (Wildman–Crippen MR) is 109 cm³/mol. The first-order valence-corrected chi connectivity index (χ1v) is 9.63. The van der Waals surface area contributed by atoms with Gasteiger partial charge < -0.3 is 5.11 Å². The molecule has 1 heterocycles. The summed E-state index contributed by atoms with van der Waals surface area (Å²) in [5.41, 5.74) is 0.396. The van der Waals surface area contributed by atoms with Gasteiger partial charge >= 0.3 is 0 Å². The van der Waals surface area contributed by atoms with Crippen LogP contribution >= 0.6 is 27.7 Å². The monoisotopic (exact) mass is 465 g/mol. The Balaban J connectivity index is 2.01. The Hall–Kier alpha value is -2.72. The number of nitro groups is 1. The maximum atomic E-state index is 13.1. The predicted octanol–water partition coefficient (Wildman–Crippen LogP) is 4.83. The molecule has 1 aliphatic heterocycles. The quantitative estimate of drug-likeness (QED) is 0.396. The van der Waals surface area contributed by atoms with Crippen LogP contribution in [0.4, 0.5) is 15.8 Å². The molecule has 1 fully saturated rings. The van der Waals surface area contributed by atoms with Crippen molar-refractivity contribution in [2.45, 2.75) is 6.92 Å². The summed E-state index contributed by atoms with van der Waals surface area (Å²) in [6, 6.07) is 7.89. The summed E-state index contributed by atoms with van der Waals surface area (Å²) in [4.78, 5) is 29.2. The van der Waals surface area contributed by atoms with Crippen LogP contribution in [0.25, 0.3) is 6.08 Å². The topological polar surface area (TPSA) is 96.0 Å². The number of rotatable bonds is 4. The number of halogens is 2. The number of thioether (sulfide) groups is 1. The van der Waals surface area contributed by atoms with Gasteiger partial charge in [-0.1, -0.05) is 0 Å². The molecule has 28 heavy (non-hydrogen) atoms. The number of non-ortho nitro benzene ring substituents is 1. The second-order valence-corrected chi connectivity index (χ2v) is 7.52. The molecule has 3 rings (SSSR count). The van der Waals surface area contributed by atoms with Crippen molar-refractivity contribution < 1.29 is 19.2 Å². The third kappa shape index (κ3) is 4.07. The van der Waals surface area contributed by atoms with Gasteiger partial charge in [0.1, 0.15) is 11.6 Å². The zero-order chi connectivity index (χ0) is 20.4. The lowest BCUT2D eigenvalue weighted by atomic mass is 10.1. The van der Waals surface area contributed by atoms with Gasteiger partial charge in [0.25, 0.3) is 11.6 Å². The molecule has 1 N–H and O–H groups in total. The molecule has 10 heteroatoms. The van der Waals surface area contributed by atoms with Gasteiger partial charge in [0.05, 0.1) is 20.0 Å². The summed E-state index contributed by atoms with van der Waals surface area (Å²) in [6.45, 7) is 2.14. The molecule has 0 spiro atoms. The number of aliphatic imine (C=N–C) groups is 1. The molecule has 0 radical (unpaired) electrons. The fourth-order valence-electron chi connectivity index (χ4n) is 2.46. The molecular weight excluding hydrogens is 453 g/mol. The van der Waals surface area contributed by atoms with E-state index in [2.05, 4.69) is 20.9 Å². The van der Waals surface area contributed by atoms with Gasteiger partial charge in [-0.2, -0.15) is 0 Å². The number of hydrogen-bond acceptors (Lipinski definition) is 6. The number of nitrogens with zero attached hydrogens (tertiary/aromatic N) is 3. The van der Waals surface area contributed by atoms with E-state index in [1.54, 1.807) is 6.92 Å². The number of carbonyl (C=O) groups is 1. The fraction of sp³-hybridized carbons (Fsp3) is 0.111. The maximum absolute atomic E-state index is 13.1. The molecule has 0 bridgehead atoms. The number of aromatic hydroxyl groups is 1. The average Bonchev–Trinajstić information content (AvgIpc) is 2.95. The molecule has 7 nitrogen and oxygen atoms in total. The smallest absolute Gasteiger partial charge is 0.271 e. The first-order chi connectivity index (χ1) is 13.3. The SMILES string of the molecule is CCN1C(=O)/C(=C\c2cc([N+](=O)[O-])cc(Br)c2O)SC1=Nc1ccc(F)cc1. The summed E-state index contributed by atoms with van der Waals surface area (Å²) in [5, 5.41) is 21.6. The Labute approximate surface area is 171 Å². The largest absolute Gasteiger partial charge is 0.506 e. The minimum Gasteiger partial charge on any atom is -0.506 e. The summed E-state index contributed by atoms with van der Waals surface area (Å²) in [6.07, 6.45) is 1.38. The number of phenols is 1. The average molecular weight is 466 g/mol. The Morgan fingerprint density at radius 2 is 2.04 bits per heavy atom. The Kier molecular flexibility index (Phi) is 5.80. The first-order valence-electron chi connectivity index (χ1n) is 8.02. The lowest BCUT2D eigenvalue weighted by Crippen LogP contribution is -2.28. The van der Waals surface area contributed by atoms with Crippen molar-refractivity contribution in [3.05, 3.63) is 67.3 Å². The first kappa shape index (κ1) is 20.0. The number of hydrogen-bond donors (Lipinski definition) is 1. The van der Waals surface area contributed by atoms with E-state index < -0.39 is 10.7 Å². The number of likely N-dealkylation sites (N-methyl/N-ethyl adjacent to an activating group) is 1. The highest BCUT2D eigenvalue weighted by atomic mass is 79.9. The lowest BCUT2D eigenvalue weighted by Gasteiger charge is -2.11. The zero-order valence-corrected chi connectivity index (χ0v) is 16.8. The lowest BCUT2D eigenvalue weighted by molar-refractivity contribution is -0.385. The van der Waals surface area contributed by atoms with Gasteiger partial charge in [0.2, 0.25) is 0 Å². The molecule has 0 saturated carbocycles. The van der Waals surface area contributed by atoms with Crippen LogP contribution in [0, 0.1) is 15.9 Å². The van der Waals surface area contributed by atoms with Crippen LogP contribution in [0.2, 0.25) is 0 Å². The number of amidine groups is 1. The maximum Gasteiger partial charge on any atom is 0.271 e. The van der Waals surface area contributed by atoms with E-state index in [1.165, 1.54) is 47.4 Å².